The average molecular weight is 442 g/mol. The second kappa shape index (κ2) is 15.0. The Morgan fingerprint density at radius 2 is 1.55 bits per heavy atom. The fourth-order valence-electron chi connectivity index (χ4n) is 3.86. The van der Waals surface area contributed by atoms with Crippen molar-refractivity contribution < 1.29 is 9.00 Å². The van der Waals surface area contributed by atoms with Crippen molar-refractivity contribution in [1.82, 2.24) is 0 Å². The van der Waals surface area contributed by atoms with E-state index in [0.717, 1.165) is 35.6 Å². The van der Waals surface area contributed by atoms with Gasteiger partial charge >= 0.3 is 0 Å². The number of anilines is 1. The zero-order valence-corrected chi connectivity index (χ0v) is 20.1. The first-order chi connectivity index (χ1) is 15.1. The molecule has 170 valence electrons. The van der Waals surface area contributed by atoms with Crippen molar-refractivity contribution in [2.24, 2.45) is 0 Å². The largest absolute Gasteiger partial charge is 0.326 e. The Balaban J connectivity index is 0.000000258. The zero-order valence-electron chi connectivity index (χ0n) is 19.3. The van der Waals surface area contributed by atoms with Gasteiger partial charge in [-0.15, -0.1) is 0 Å². The van der Waals surface area contributed by atoms with Gasteiger partial charge in [0.25, 0.3) is 0 Å². The first-order valence-corrected chi connectivity index (χ1v) is 13.2. The highest BCUT2D eigenvalue weighted by Crippen LogP contribution is 2.21. The van der Waals surface area contributed by atoms with E-state index >= 15 is 0 Å². The number of unbranched alkanes of at least 4 members (excludes halogenated alkanes) is 7. The predicted molar refractivity (Wildman–Crippen MR) is 133 cm³/mol. The monoisotopic (exact) mass is 441 g/mol. The molecule has 31 heavy (non-hydrogen) atoms. The summed E-state index contributed by atoms with van der Waals surface area (Å²) in [5, 5.41) is 2.79. The van der Waals surface area contributed by atoms with Crippen LogP contribution in [0.15, 0.2) is 53.4 Å². The van der Waals surface area contributed by atoms with Gasteiger partial charge in [0.2, 0.25) is 5.91 Å². The lowest BCUT2D eigenvalue weighted by Gasteiger charge is -2.13. The molecule has 1 atom stereocenters. The molecule has 1 aliphatic heterocycles. The van der Waals surface area contributed by atoms with E-state index in [2.05, 4.69) is 30.4 Å². The van der Waals surface area contributed by atoms with E-state index in [0.29, 0.717) is 0 Å². The molecule has 0 aromatic heterocycles. The van der Waals surface area contributed by atoms with Crippen LogP contribution in [0.4, 0.5) is 5.69 Å². The predicted octanol–water partition coefficient (Wildman–Crippen LogP) is 7.07. The first-order valence-electron chi connectivity index (χ1n) is 11.9. The summed E-state index contributed by atoms with van der Waals surface area (Å²) in [7, 11) is -0.715. The molecule has 2 aromatic carbocycles. The summed E-state index contributed by atoms with van der Waals surface area (Å²) in [6, 6.07) is 16.2. The van der Waals surface area contributed by atoms with Crippen LogP contribution in [-0.4, -0.2) is 15.9 Å². The van der Waals surface area contributed by atoms with Crippen LogP contribution < -0.4 is 5.32 Å². The molecule has 1 heterocycles. The van der Waals surface area contributed by atoms with Crippen LogP contribution in [0.25, 0.3) is 0 Å². The average Bonchev–Trinajstić information content (AvgIpc) is 2.77. The Hall–Kier alpha value is -1.94. The lowest BCUT2D eigenvalue weighted by molar-refractivity contribution is -0.114. The highest BCUT2D eigenvalue weighted by Gasteiger charge is 2.13. The summed E-state index contributed by atoms with van der Waals surface area (Å²) in [5.74, 6) is 0.831. The topological polar surface area (TPSA) is 46.2 Å². The summed E-state index contributed by atoms with van der Waals surface area (Å²) >= 11 is 0. The molecule has 1 amide bonds. The molecule has 0 saturated heterocycles. The van der Waals surface area contributed by atoms with Crippen LogP contribution in [0.3, 0.4) is 0 Å². The Morgan fingerprint density at radius 1 is 0.903 bits per heavy atom. The third kappa shape index (κ3) is 10.3. The van der Waals surface area contributed by atoms with Crippen molar-refractivity contribution in [1.29, 1.82) is 0 Å². The number of amides is 1. The SMILES string of the molecule is CCCCCCCCCCc1ccc(NC(C)=O)cc1.O=S1CCCc2ccccc21. The molecule has 1 aliphatic rings. The van der Waals surface area contributed by atoms with E-state index in [1.54, 1.807) is 0 Å². The van der Waals surface area contributed by atoms with Crippen LogP contribution in [0.5, 0.6) is 0 Å². The Bertz CT molecular complexity index is 801. The van der Waals surface area contributed by atoms with E-state index in [1.165, 1.54) is 69.4 Å². The maximum absolute atomic E-state index is 11.4. The van der Waals surface area contributed by atoms with E-state index in [4.69, 9.17) is 0 Å². The van der Waals surface area contributed by atoms with Crippen LogP contribution in [0.2, 0.25) is 0 Å². The Morgan fingerprint density at radius 3 is 2.19 bits per heavy atom. The summed E-state index contributed by atoms with van der Waals surface area (Å²) < 4.78 is 11.4. The molecule has 0 aliphatic carbocycles. The minimum Gasteiger partial charge on any atom is -0.326 e. The zero-order chi connectivity index (χ0) is 22.3. The molecule has 4 heteroatoms. The normalized spacial score (nSPS) is 14.8. The van der Waals surface area contributed by atoms with Gasteiger partial charge in [0.15, 0.2) is 0 Å². The smallest absolute Gasteiger partial charge is 0.221 e. The van der Waals surface area contributed by atoms with Gasteiger partial charge in [-0.2, -0.15) is 0 Å². The van der Waals surface area contributed by atoms with Gasteiger partial charge in [-0.25, -0.2) is 0 Å². The molecule has 0 radical (unpaired) electrons. The van der Waals surface area contributed by atoms with Crippen molar-refractivity contribution in [2.75, 3.05) is 11.1 Å². The van der Waals surface area contributed by atoms with Crippen LogP contribution >= 0.6 is 0 Å². The molecule has 3 rings (SSSR count). The summed E-state index contributed by atoms with van der Waals surface area (Å²) in [6.45, 7) is 3.80. The number of rotatable bonds is 10. The number of hydrogen-bond donors (Lipinski definition) is 1. The highest BCUT2D eigenvalue weighted by molar-refractivity contribution is 7.85. The second-order valence-corrected chi connectivity index (χ2v) is 9.90. The molecule has 1 N–H and O–H groups in total. The molecular weight excluding hydrogens is 402 g/mol. The van der Waals surface area contributed by atoms with Crippen LogP contribution in [-0.2, 0) is 28.4 Å². The van der Waals surface area contributed by atoms with Crippen LogP contribution in [0, 0.1) is 0 Å². The number of hydrogen-bond acceptors (Lipinski definition) is 2. The number of fused-ring (bicyclic) bond motifs is 1. The molecule has 2 aromatic rings. The number of carbonyl (C=O) groups excluding carboxylic acids is 1. The van der Waals surface area contributed by atoms with Gasteiger partial charge in [0, 0.05) is 23.3 Å². The second-order valence-electron chi connectivity index (χ2n) is 8.36. The summed E-state index contributed by atoms with van der Waals surface area (Å²) in [4.78, 5) is 12.0. The van der Waals surface area contributed by atoms with Crippen molar-refractivity contribution in [2.45, 2.75) is 89.4 Å². The Kier molecular flexibility index (Phi) is 12.2. The fraction of sp³-hybridized carbons (Fsp3) is 0.519. The lowest BCUT2D eigenvalue weighted by Crippen LogP contribution is -2.09. The summed E-state index contributed by atoms with van der Waals surface area (Å²) in [6.07, 6.45) is 14.2. The molecule has 0 bridgehead atoms. The third-order valence-electron chi connectivity index (χ3n) is 5.59. The minimum absolute atomic E-state index is 0.0131. The van der Waals surface area contributed by atoms with Crippen molar-refractivity contribution in [3.05, 3.63) is 59.7 Å². The van der Waals surface area contributed by atoms with E-state index in [1.807, 2.05) is 30.3 Å². The van der Waals surface area contributed by atoms with E-state index < -0.39 is 10.8 Å². The highest BCUT2D eigenvalue weighted by atomic mass is 32.2. The maximum atomic E-state index is 11.4. The van der Waals surface area contributed by atoms with Gasteiger partial charge < -0.3 is 5.32 Å². The lowest BCUT2D eigenvalue weighted by atomic mass is 10.0. The van der Waals surface area contributed by atoms with Crippen LogP contribution in [0.1, 0.15) is 82.8 Å². The van der Waals surface area contributed by atoms with E-state index in [9.17, 15) is 9.00 Å². The van der Waals surface area contributed by atoms with Crippen molar-refractivity contribution in [3.8, 4) is 0 Å². The van der Waals surface area contributed by atoms with Gasteiger partial charge in [0.05, 0.1) is 10.8 Å². The van der Waals surface area contributed by atoms with Gasteiger partial charge in [-0.1, -0.05) is 82.2 Å². The van der Waals surface area contributed by atoms with Gasteiger partial charge in [0.1, 0.15) is 0 Å². The molecule has 1 unspecified atom stereocenters. The molecule has 0 spiro atoms. The maximum Gasteiger partial charge on any atom is 0.221 e. The first kappa shape index (κ1) is 25.3. The van der Waals surface area contributed by atoms with Crippen molar-refractivity contribution >= 4 is 22.4 Å². The third-order valence-corrected chi connectivity index (χ3v) is 7.14. The number of aryl methyl sites for hydroxylation is 2. The van der Waals surface area contributed by atoms with E-state index in [-0.39, 0.29) is 5.91 Å². The van der Waals surface area contributed by atoms with Crippen molar-refractivity contribution in [3.63, 3.8) is 0 Å². The number of carbonyl (C=O) groups is 1. The van der Waals surface area contributed by atoms with Gasteiger partial charge in [-0.05, 0) is 55.0 Å². The number of nitrogens with one attached hydrogen (secondary N) is 1. The molecule has 3 nitrogen and oxygen atoms in total. The quantitative estimate of drug-likeness (QED) is 0.401. The fourth-order valence-corrected chi connectivity index (χ4v) is 5.18. The van der Waals surface area contributed by atoms with Gasteiger partial charge in [-0.3, -0.25) is 9.00 Å². The number of benzene rings is 2. The molecule has 0 fully saturated rings. The minimum atomic E-state index is -0.715. The summed E-state index contributed by atoms with van der Waals surface area (Å²) in [5.41, 5.74) is 3.53. The molecule has 0 saturated carbocycles. The molecular formula is C27H39NO2S. The Labute approximate surface area is 191 Å². The standard InChI is InChI=1S/C18H29NO.C9H10OS/c1-3-4-5-6-7-8-9-10-11-17-12-14-18(15-13-17)19-16(2)20;10-11-7-3-5-8-4-1-2-6-9(8)11/h12-15H,3-11H2,1-2H3,(H,19,20);1-2,4,6H,3,5,7H2.